The number of hydrogen-bond acceptors (Lipinski definition) is 4. The summed E-state index contributed by atoms with van der Waals surface area (Å²) in [5, 5.41) is 5.49. The lowest BCUT2D eigenvalue weighted by atomic mass is 10.1. The second-order valence-electron chi connectivity index (χ2n) is 6.64. The first-order chi connectivity index (χ1) is 14.2. The van der Waals surface area contributed by atoms with E-state index in [1.165, 1.54) is 0 Å². The van der Waals surface area contributed by atoms with Crippen LogP contribution in [0.15, 0.2) is 72.8 Å². The van der Waals surface area contributed by atoms with Gasteiger partial charge in [-0.2, -0.15) is 0 Å². The third-order valence-electron chi connectivity index (χ3n) is 4.52. The first-order valence-corrected chi connectivity index (χ1v) is 9.28. The van der Waals surface area contributed by atoms with Gasteiger partial charge >= 0.3 is 0 Å². The number of ether oxygens (including phenoxy) is 2. The zero-order valence-corrected chi connectivity index (χ0v) is 15.7. The van der Waals surface area contributed by atoms with Crippen LogP contribution in [0.2, 0.25) is 0 Å². The van der Waals surface area contributed by atoms with Crippen molar-refractivity contribution in [3.05, 3.63) is 89.5 Å². The van der Waals surface area contributed by atoms with E-state index >= 15 is 0 Å². The molecule has 0 aromatic heterocycles. The van der Waals surface area contributed by atoms with Crippen molar-refractivity contribution in [1.29, 1.82) is 0 Å². The Bertz CT molecular complexity index is 1020. The fourth-order valence-corrected chi connectivity index (χ4v) is 3.01. The number of hydrogen-bond donors (Lipinski definition) is 2. The molecule has 0 fully saturated rings. The first kappa shape index (κ1) is 18.6. The van der Waals surface area contributed by atoms with Crippen LogP contribution in [0.1, 0.15) is 21.5 Å². The van der Waals surface area contributed by atoms with Crippen LogP contribution in [0.4, 0.5) is 5.69 Å². The van der Waals surface area contributed by atoms with Gasteiger partial charge in [0.15, 0.2) is 6.61 Å². The van der Waals surface area contributed by atoms with Crippen LogP contribution in [0.25, 0.3) is 0 Å². The van der Waals surface area contributed by atoms with Gasteiger partial charge < -0.3 is 20.1 Å². The Labute approximate surface area is 168 Å². The third-order valence-corrected chi connectivity index (χ3v) is 4.52. The fraction of sp³-hybridized carbons (Fsp3) is 0.130. The summed E-state index contributed by atoms with van der Waals surface area (Å²) >= 11 is 0. The molecule has 0 saturated carbocycles. The molecule has 2 amide bonds. The van der Waals surface area contributed by atoms with Crippen LogP contribution in [-0.2, 0) is 17.9 Å². The van der Waals surface area contributed by atoms with Gasteiger partial charge in [-0.25, -0.2) is 0 Å². The number of anilines is 1. The van der Waals surface area contributed by atoms with Crippen LogP contribution in [-0.4, -0.2) is 18.4 Å². The SMILES string of the molecule is O=C(COc1ccc(OCc2ccccc2)cc1)Nc1ccc2c(c1)C(=O)NC2. The molecule has 1 aliphatic heterocycles. The van der Waals surface area contributed by atoms with Crippen molar-refractivity contribution in [2.75, 3.05) is 11.9 Å². The fourth-order valence-electron chi connectivity index (χ4n) is 3.01. The van der Waals surface area contributed by atoms with E-state index in [2.05, 4.69) is 10.6 Å². The first-order valence-electron chi connectivity index (χ1n) is 9.28. The van der Waals surface area contributed by atoms with Gasteiger partial charge in [-0.1, -0.05) is 36.4 Å². The summed E-state index contributed by atoms with van der Waals surface area (Å²) in [6.45, 7) is 0.881. The lowest BCUT2D eigenvalue weighted by molar-refractivity contribution is -0.118. The smallest absolute Gasteiger partial charge is 0.262 e. The normalized spacial score (nSPS) is 12.1. The molecule has 3 aromatic rings. The van der Waals surface area contributed by atoms with Crippen molar-refractivity contribution in [2.24, 2.45) is 0 Å². The molecule has 3 aromatic carbocycles. The molecule has 6 heteroatoms. The highest BCUT2D eigenvalue weighted by Gasteiger charge is 2.19. The molecule has 146 valence electrons. The Morgan fingerprint density at radius 2 is 1.66 bits per heavy atom. The van der Waals surface area contributed by atoms with Crippen molar-refractivity contribution in [2.45, 2.75) is 13.2 Å². The maximum atomic E-state index is 12.1. The van der Waals surface area contributed by atoms with Gasteiger partial charge in [-0.15, -0.1) is 0 Å². The minimum absolute atomic E-state index is 0.123. The topological polar surface area (TPSA) is 76.7 Å². The van der Waals surface area contributed by atoms with Crippen molar-refractivity contribution in [1.82, 2.24) is 5.32 Å². The van der Waals surface area contributed by atoms with E-state index in [0.29, 0.717) is 30.2 Å². The van der Waals surface area contributed by atoms with E-state index in [0.717, 1.165) is 16.9 Å². The Kier molecular flexibility index (Phi) is 5.42. The van der Waals surface area contributed by atoms with Gasteiger partial charge in [0.1, 0.15) is 18.1 Å². The molecule has 0 saturated heterocycles. The number of benzene rings is 3. The van der Waals surface area contributed by atoms with Gasteiger partial charge in [0.25, 0.3) is 11.8 Å². The Hall–Kier alpha value is -3.80. The Morgan fingerprint density at radius 1 is 0.931 bits per heavy atom. The molecular weight excluding hydrogens is 368 g/mol. The monoisotopic (exact) mass is 388 g/mol. The molecule has 1 heterocycles. The van der Waals surface area contributed by atoms with E-state index in [-0.39, 0.29) is 18.4 Å². The summed E-state index contributed by atoms with van der Waals surface area (Å²) in [4.78, 5) is 23.8. The van der Waals surface area contributed by atoms with Gasteiger partial charge in [0.2, 0.25) is 0 Å². The second-order valence-corrected chi connectivity index (χ2v) is 6.64. The predicted molar refractivity (Wildman–Crippen MR) is 109 cm³/mol. The summed E-state index contributed by atoms with van der Waals surface area (Å²) in [6, 6.07) is 22.3. The molecule has 1 aliphatic rings. The minimum atomic E-state index is -0.298. The molecule has 0 unspecified atom stereocenters. The lowest BCUT2D eigenvalue weighted by Crippen LogP contribution is -2.20. The van der Waals surface area contributed by atoms with E-state index in [4.69, 9.17) is 9.47 Å². The van der Waals surface area contributed by atoms with E-state index in [1.807, 2.05) is 36.4 Å². The van der Waals surface area contributed by atoms with Crippen molar-refractivity contribution in [3.8, 4) is 11.5 Å². The molecule has 29 heavy (non-hydrogen) atoms. The van der Waals surface area contributed by atoms with Crippen molar-refractivity contribution < 1.29 is 19.1 Å². The van der Waals surface area contributed by atoms with Gasteiger partial charge in [-0.05, 0) is 47.5 Å². The van der Waals surface area contributed by atoms with E-state index in [9.17, 15) is 9.59 Å². The summed E-state index contributed by atoms with van der Waals surface area (Å²) in [7, 11) is 0. The molecule has 0 aliphatic carbocycles. The minimum Gasteiger partial charge on any atom is -0.489 e. The van der Waals surface area contributed by atoms with Gasteiger partial charge in [0, 0.05) is 17.8 Å². The second kappa shape index (κ2) is 8.48. The van der Waals surface area contributed by atoms with Crippen LogP contribution in [0, 0.1) is 0 Å². The number of nitrogens with one attached hydrogen (secondary N) is 2. The maximum Gasteiger partial charge on any atom is 0.262 e. The summed E-state index contributed by atoms with van der Waals surface area (Å²) < 4.78 is 11.3. The van der Waals surface area contributed by atoms with E-state index < -0.39 is 0 Å². The molecule has 0 spiro atoms. The Balaban J connectivity index is 1.26. The highest BCUT2D eigenvalue weighted by molar-refractivity contribution is 6.00. The highest BCUT2D eigenvalue weighted by atomic mass is 16.5. The quantitative estimate of drug-likeness (QED) is 0.649. The third kappa shape index (κ3) is 4.73. The van der Waals surface area contributed by atoms with Crippen molar-refractivity contribution >= 4 is 17.5 Å². The van der Waals surface area contributed by atoms with Gasteiger partial charge in [-0.3, -0.25) is 9.59 Å². The maximum absolute atomic E-state index is 12.1. The zero-order valence-electron chi connectivity index (χ0n) is 15.7. The molecule has 4 rings (SSSR count). The largest absolute Gasteiger partial charge is 0.489 e. The standard InChI is InChI=1S/C23H20N2O4/c26-22(25-18-7-6-17-13-24-23(27)21(17)12-18)15-29-20-10-8-19(9-11-20)28-14-16-4-2-1-3-5-16/h1-12H,13-15H2,(H,24,27)(H,25,26). The number of carbonyl (C=O) groups excluding carboxylic acids is 2. The number of rotatable bonds is 7. The summed E-state index contributed by atoms with van der Waals surface area (Å²) in [6.07, 6.45) is 0. The van der Waals surface area contributed by atoms with Crippen LogP contribution >= 0.6 is 0 Å². The average Bonchev–Trinajstić information content (AvgIpc) is 3.12. The average molecular weight is 388 g/mol. The summed E-state index contributed by atoms with van der Waals surface area (Å²) in [5.74, 6) is 0.872. The molecule has 6 nitrogen and oxygen atoms in total. The molecule has 0 radical (unpaired) electrons. The molecule has 0 bridgehead atoms. The number of carbonyl (C=O) groups is 2. The number of fused-ring (bicyclic) bond motifs is 1. The lowest BCUT2D eigenvalue weighted by Gasteiger charge is -2.10. The zero-order chi connectivity index (χ0) is 20.1. The van der Waals surface area contributed by atoms with Gasteiger partial charge in [0.05, 0.1) is 0 Å². The molecular formula is C23H20N2O4. The highest BCUT2D eigenvalue weighted by Crippen LogP contribution is 2.21. The Morgan fingerprint density at radius 3 is 2.41 bits per heavy atom. The van der Waals surface area contributed by atoms with Crippen LogP contribution in [0.5, 0.6) is 11.5 Å². The van der Waals surface area contributed by atoms with Crippen molar-refractivity contribution in [3.63, 3.8) is 0 Å². The van der Waals surface area contributed by atoms with E-state index in [1.54, 1.807) is 36.4 Å². The number of amides is 2. The molecule has 2 N–H and O–H groups in total. The predicted octanol–water partition coefficient (Wildman–Crippen LogP) is 3.53. The molecule has 0 atom stereocenters. The van der Waals surface area contributed by atoms with Crippen LogP contribution in [0.3, 0.4) is 0 Å². The summed E-state index contributed by atoms with van der Waals surface area (Å²) in [5.41, 5.74) is 3.18. The van der Waals surface area contributed by atoms with Crippen LogP contribution < -0.4 is 20.1 Å².